The molecule has 2 N–H and O–H groups in total. The molecule has 1 saturated heterocycles. The highest BCUT2D eigenvalue weighted by Crippen LogP contribution is 2.33. The highest BCUT2D eigenvalue weighted by atomic mass is 35.5. The van der Waals surface area contributed by atoms with E-state index in [2.05, 4.69) is 10.6 Å². The van der Waals surface area contributed by atoms with Gasteiger partial charge in [0.2, 0.25) is 0 Å². The highest BCUT2D eigenvalue weighted by molar-refractivity contribution is 6.30. The van der Waals surface area contributed by atoms with Gasteiger partial charge in [0.1, 0.15) is 11.5 Å². The standard InChI is InChI=1S/C17H16ClFN4O3/c18-11-1-6-15(16(9-11)23(25)26)22-8-7-14(10-22)21-17(24)20-13-4-2-12(19)3-5-13/h1-6,9,14H,7-8,10H2,(H2,20,21,24). The van der Waals surface area contributed by atoms with Crippen LogP contribution >= 0.6 is 11.6 Å². The van der Waals surface area contributed by atoms with Crippen LogP contribution in [0, 0.1) is 15.9 Å². The van der Waals surface area contributed by atoms with Crippen LogP contribution in [0.2, 0.25) is 5.02 Å². The first-order valence-electron chi connectivity index (χ1n) is 7.94. The van der Waals surface area contributed by atoms with Crippen LogP contribution in [0.4, 0.5) is 26.2 Å². The van der Waals surface area contributed by atoms with Crippen LogP contribution in [0.3, 0.4) is 0 Å². The van der Waals surface area contributed by atoms with Crippen molar-refractivity contribution in [3.8, 4) is 0 Å². The first kappa shape index (κ1) is 17.9. The summed E-state index contributed by atoms with van der Waals surface area (Å²) in [6, 6.07) is 9.41. The minimum atomic E-state index is -0.469. The molecule has 0 aliphatic carbocycles. The lowest BCUT2D eigenvalue weighted by Crippen LogP contribution is -2.39. The topological polar surface area (TPSA) is 87.5 Å². The Hall–Kier alpha value is -2.87. The number of amides is 2. The molecule has 0 aromatic heterocycles. The van der Waals surface area contributed by atoms with Crippen molar-refractivity contribution in [2.24, 2.45) is 0 Å². The van der Waals surface area contributed by atoms with Gasteiger partial charge >= 0.3 is 6.03 Å². The second-order valence-electron chi connectivity index (χ2n) is 5.93. The third kappa shape index (κ3) is 4.20. The Morgan fingerprint density at radius 2 is 2.00 bits per heavy atom. The van der Waals surface area contributed by atoms with E-state index in [9.17, 15) is 19.3 Å². The zero-order valence-corrected chi connectivity index (χ0v) is 14.4. The molecule has 1 heterocycles. The van der Waals surface area contributed by atoms with Gasteiger partial charge in [0.15, 0.2) is 0 Å². The number of urea groups is 1. The normalized spacial score (nSPS) is 16.4. The van der Waals surface area contributed by atoms with Crippen LogP contribution in [-0.2, 0) is 0 Å². The molecule has 1 fully saturated rings. The van der Waals surface area contributed by atoms with Gasteiger partial charge < -0.3 is 15.5 Å². The maximum Gasteiger partial charge on any atom is 0.319 e. The molecule has 2 amide bonds. The average Bonchev–Trinajstić information content (AvgIpc) is 3.05. The number of carbonyl (C=O) groups is 1. The van der Waals surface area contributed by atoms with Gasteiger partial charge in [-0.2, -0.15) is 0 Å². The predicted octanol–water partition coefficient (Wildman–Crippen LogP) is 3.79. The fourth-order valence-electron chi connectivity index (χ4n) is 2.89. The number of hydrogen-bond donors (Lipinski definition) is 2. The second-order valence-corrected chi connectivity index (χ2v) is 6.36. The molecule has 1 aliphatic rings. The van der Waals surface area contributed by atoms with E-state index in [0.717, 1.165) is 0 Å². The van der Waals surface area contributed by atoms with Crippen molar-refractivity contribution < 1.29 is 14.1 Å². The lowest BCUT2D eigenvalue weighted by molar-refractivity contribution is -0.384. The molecule has 26 heavy (non-hydrogen) atoms. The van der Waals surface area contributed by atoms with Crippen LogP contribution in [-0.4, -0.2) is 30.1 Å². The largest absolute Gasteiger partial charge is 0.364 e. The highest BCUT2D eigenvalue weighted by Gasteiger charge is 2.28. The molecule has 1 atom stereocenters. The first-order valence-corrected chi connectivity index (χ1v) is 8.32. The van der Waals surface area contributed by atoms with Gasteiger partial charge in [-0.3, -0.25) is 10.1 Å². The number of benzene rings is 2. The fourth-order valence-corrected chi connectivity index (χ4v) is 3.06. The molecular weight excluding hydrogens is 363 g/mol. The van der Waals surface area contributed by atoms with E-state index in [0.29, 0.717) is 35.9 Å². The molecule has 7 nitrogen and oxygen atoms in total. The Bertz CT molecular complexity index is 831. The Labute approximate surface area is 153 Å². The summed E-state index contributed by atoms with van der Waals surface area (Å²) in [5.74, 6) is -0.382. The third-order valence-electron chi connectivity index (χ3n) is 4.10. The molecule has 9 heteroatoms. The van der Waals surface area contributed by atoms with Gasteiger partial charge in [0.25, 0.3) is 5.69 Å². The smallest absolute Gasteiger partial charge is 0.319 e. The summed E-state index contributed by atoms with van der Waals surface area (Å²) in [6.07, 6.45) is 0.649. The number of nitrogens with zero attached hydrogens (tertiary/aromatic N) is 2. The van der Waals surface area contributed by atoms with Crippen LogP contribution in [0.25, 0.3) is 0 Å². The Balaban J connectivity index is 1.61. The monoisotopic (exact) mass is 378 g/mol. The summed E-state index contributed by atoms with van der Waals surface area (Å²) in [6.45, 7) is 1.02. The number of nitro groups is 1. The zero-order valence-electron chi connectivity index (χ0n) is 13.6. The van der Waals surface area contributed by atoms with Gasteiger partial charge in [-0.15, -0.1) is 0 Å². The summed E-state index contributed by atoms with van der Waals surface area (Å²) in [7, 11) is 0. The minimum Gasteiger partial charge on any atom is -0.364 e. The van der Waals surface area contributed by atoms with E-state index in [4.69, 9.17) is 11.6 Å². The van der Waals surface area contributed by atoms with Crippen LogP contribution < -0.4 is 15.5 Å². The van der Waals surface area contributed by atoms with Gasteiger partial charge in [-0.1, -0.05) is 11.6 Å². The molecule has 0 bridgehead atoms. The van der Waals surface area contributed by atoms with Crippen molar-refractivity contribution in [1.29, 1.82) is 0 Å². The van der Waals surface area contributed by atoms with Crippen molar-refractivity contribution in [2.45, 2.75) is 12.5 Å². The maximum absolute atomic E-state index is 12.9. The van der Waals surface area contributed by atoms with Crippen LogP contribution in [0.5, 0.6) is 0 Å². The summed E-state index contributed by atoms with van der Waals surface area (Å²) in [4.78, 5) is 24.7. The summed E-state index contributed by atoms with van der Waals surface area (Å²) in [5, 5.41) is 17.0. The number of rotatable bonds is 4. The van der Waals surface area contributed by atoms with E-state index in [1.54, 1.807) is 12.1 Å². The number of hydrogen-bond acceptors (Lipinski definition) is 4. The summed E-state index contributed by atoms with van der Waals surface area (Å²) < 4.78 is 12.9. The number of carbonyl (C=O) groups excluding carboxylic acids is 1. The summed E-state index contributed by atoms with van der Waals surface area (Å²) >= 11 is 5.84. The third-order valence-corrected chi connectivity index (χ3v) is 4.34. The molecule has 2 aromatic rings. The number of nitrogens with one attached hydrogen (secondary N) is 2. The van der Waals surface area contributed by atoms with Crippen molar-refractivity contribution in [3.05, 3.63) is 63.4 Å². The molecule has 0 radical (unpaired) electrons. The Morgan fingerprint density at radius 3 is 2.69 bits per heavy atom. The SMILES string of the molecule is O=C(Nc1ccc(F)cc1)NC1CCN(c2ccc(Cl)cc2[N+](=O)[O-])C1. The van der Waals surface area contributed by atoms with Crippen molar-refractivity contribution in [3.63, 3.8) is 0 Å². The fraction of sp³-hybridized carbons (Fsp3) is 0.235. The van der Waals surface area contributed by atoms with Gasteiger partial charge in [0.05, 0.1) is 4.92 Å². The van der Waals surface area contributed by atoms with Crippen molar-refractivity contribution >= 4 is 34.7 Å². The lowest BCUT2D eigenvalue weighted by atomic mass is 10.2. The minimum absolute atomic E-state index is 0.0612. The maximum atomic E-state index is 12.9. The molecule has 2 aromatic carbocycles. The average molecular weight is 379 g/mol. The summed E-state index contributed by atoms with van der Waals surface area (Å²) in [5.41, 5.74) is 0.892. The van der Waals surface area contributed by atoms with E-state index in [-0.39, 0.29) is 17.5 Å². The van der Waals surface area contributed by atoms with Crippen LogP contribution in [0.15, 0.2) is 42.5 Å². The predicted molar refractivity (Wildman–Crippen MR) is 97.3 cm³/mol. The Morgan fingerprint density at radius 1 is 1.27 bits per heavy atom. The van der Waals surface area contributed by atoms with Gasteiger partial charge in [0, 0.05) is 35.9 Å². The van der Waals surface area contributed by atoms with Gasteiger partial charge in [-0.05, 0) is 42.8 Å². The quantitative estimate of drug-likeness (QED) is 0.626. The van der Waals surface area contributed by atoms with E-state index in [1.807, 2.05) is 4.90 Å². The van der Waals surface area contributed by atoms with E-state index < -0.39 is 11.0 Å². The number of nitro benzene ring substituents is 1. The van der Waals surface area contributed by atoms with Crippen LogP contribution in [0.1, 0.15) is 6.42 Å². The lowest BCUT2D eigenvalue weighted by Gasteiger charge is -2.19. The molecule has 1 aliphatic heterocycles. The number of halogens is 2. The van der Waals surface area contributed by atoms with E-state index in [1.165, 1.54) is 30.3 Å². The first-order chi connectivity index (χ1) is 12.4. The molecule has 0 spiro atoms. The zero-order chi connectivity index (χ0) is 18.7. The molecule has 0 saturated carbocycles. The van der Waals surface area contributed by atoms with Gasteiger partial charge in [-0.25, -0.2) is 9.18 Å². The van der Waals surface area contributed by atoms with Crippen molar-refractivity contribution in [1.82, 2.24) is 5.32 Å². The Kier molecular flexibility index (Phi) is 5.22. The van der Waals surface area contributed by atoms with E-state index >= 15 is 0 Å². The number of anilines is 2. The molecule has 1 unspecified atom stereocenters. The molecule has 136 valence electrons. The van der Waals surface area contributed by atoms with Crippen molar-refractivity contribution in [2.75, 3.05) is 23.3 Å². The molecular formula is C17H16ClFN4O3. The molecule has 3 rings (SSSR count). The second kappa shape index (κ2) is 7.57.